The highest BCUT2D eigenvalue weighted by molar-refractivity contribution is 5.13. The Morgan fingerprint density at radius 2 is 1.03 bits per heavy atom. The van der Waals surface area contributed by atoms with E-state index in [2.05, 4.69) is 26.0 Å². The van der Waals surface area contributed by atoms with E-state index in [4.69, 9.17) is 14.2 Å². The van der Waals surface area contributed by atoms with Crippen LogP contribution in [0.5, 0.6) is 0 Å². The zero-order valence-electron chi connectivity index (χ0n) is 25.7. The minimum absolute atomic E-state index is 0.0103. The van der Waals surface area contributed by atoms with Gasteiger partial charge in [0, 0.05) is 13.7 Å². The van der Waals surface area contributed by atoms with Crippen molar-refractivity contribution in [2.75, 3.05) is 26.9 Å². The van der Waals surface area contributed by atoms with Crippen LogP contribution in [0.1, 0.15) is 148 Å². The van der Waals surface area contributed by atoms with Crippen LogP contribution < -0.4 is 0 Å². The van der Waals surface area contributed by atoms with Crippen LogP contribution >= 0.6 is 0 Å². The third kappa shape index (κ3) is 22.0. The molecule has 0 bridgehead atoms. The number of methoxy groups -OCH3 is 1. The summed E-state index contributed by atoms with van der Waals surface area (Å²) >= 11 is 0. The Morgan fingerprint density at radius 1 is 0.553 bits per heavy atom. The number of benzene rings is 1. The standard InChI is InChI=1S/C35H64O3/c1-4-6-8-18-24-33(25-19-9-7-5-2)26-20-15-13-11-10-12-14-16-23-29-37-31-35(36-3)32-38-30-34-27-21-17-22-28-34/h17,21-22,27-28,33,35H,4-16,18-20,23-26,29-32H2,1-3H3. The fraction of sp³-hybridized carbons (Fsp3) is 0.829. The molecule has 1 aromatic carbocycles. The van der Waals surface area contributed by atoms with Crippen LogP contribution in [-0.2, 0) is 20.8 Å². The smallest absolute Gasteiger partial charge is 0.104 e. The van der Waals surface area contributed by atoms with Crippen LogP contribution in [0.2, 0.25) is 0 Å². The first-order valence-corrected chi connectivity index (χ1v) is 16.5. The molecule has 1 rings (SSSR count). The van der Waals surface area contributed by atoms with Crippen molar-refractivity contribution in [2.45, 2.75) is 155 Å². The lowest BCUT2D eigenvalue weighted by molar-refractivity contribution is -0.0451. The van der Waals surface area contributed by atoms with E-state index in [-0.39, 0.29) is 6.10 Å². The molecular formula is C35H64O3. The van der Waals surface area contributed by atoms with Crippen molar-refractivity contribution >= 4 is 0 Å². The molecule has 0 aliphatic carbocycles. The first kappa shape index (κ1) is 35.1. The van der Waals surface area contributed by atoms with Crippen LogP contribution in [-0.4, -0.2) is 33.0 Å². The lowest BCUT2D eigenvalue weighted by Gasteiger charge is -2.17. The topological polar surface area (TPSA) is 27.7 Å². The summed E-state index contributed by atoms with van der Waals surface area (Å²) in [5.41, 5.74) is 1.19. The summed E-state index contributed by atoms with van der Waals surface area (Å²) in [6.45, 7) is 7.28. The van der Waals surface area contributed by atoms with Crippen molar-refractivity contribution in [1.82, 2.24) is 0 Å². The van der Waals surface area contributed by atoms with E-state index in [1.165, 1.54) is 128 Å². The van der Waals surface area contributed by atoms with Gasteiger partial charge in [-0.1, -0.05) is 166 Å². The Morgan fingerprint density at radius 3 is 1.55 bits per heavy atom. The average Bonchev–Trinajstić information content (AvgIpc) is 2.94. The molecule has 0 aromatic heterocycles. The molecule has 1 atom stereocenters. The van der Waals surface area contributed by atoms with Gasteiger partial charge in [-0.3, -0.25) is 0 Å². The molecule has 3 heteroatoms. The van der Waals surface area contributed by atoms with Crippen LogP contribution in [0, 0.1) is 5.92 Å². The maximum atomic E-state index is 5.85. The molecule has 0 saturated carbocycles. The summed E-state index contributed by atoms with van der Waals surface area (Å²) in [5.74, 6) is 1.01. The summed E-state index contributed by atoms with van der Waals surface area (Å²) in [7, 11) is 1.74. The summed E-state index contributed by atoms with van der Waals surface area (Å²) in [5, 5.41) is 0. The van der Waals surface area contributed by atoms with Crippen molar-refractivity contribution in [3.63, 3.8) is 0 Å². The van der Waals surface area contributed by atoms with Crippen molar-refractivity contribution in [1.29, 1.82) is 0 Å². The van der Waals surface area contributed by atoms with Crippen molar-refractivity contribution in [3.8, 4) is 0 Å². The number of unbranched alkanes of at least 4 members (excludes halogenated alkanes) is 14. The molecule has 0 aliphatic rings. The van der Waals surface area contributed by atoms with Gasteiger partial charge in [0.25, 0.3) is 0 Å². The minimum Gasteiger partial charge on any atom is -0.379 e. The molecule has 1 unspecified atom stereocenters. The SMILES string of the molecule is CCCCCCC(CCCCCC)CCCCCCCCCCCOCC(COCc1ccccc1)OC. The zero-order valence-corrected chi connectivity index (χ0v) is 25.7. The van der Waals surface area contributed by atoms with Gasteiger partial charge in [0.1, 0.15) is 6.10 Å². The first-order valence-electron chi connectivity index (χ1n) is 16.5. The van der Waals surface area contributed by atoms with Gasteiger partial charge in [-0.05, 0) is 17.9 Å². The van der Waals surface area contributed by atoms with Crippen molar-refractivity contribution in [3.05, 3.63) is 35.9 Å². The molecular weight excluding hydrogens is 468 g/mol. The molecule has 0 N–H and O–H groups in total. The quantitative estimate of drug-likeness (QED) is 0.0960. The summed E-state index contributed by atoms with van der Waals surface area (Å²) in [4.78, 5) is 0. The third-order valence-corrected chi connectivity index (χ3v) is 7.89. The Hall–Kier alpha value is -0.900. The van der Waals surface area contributed by atoms with E-state index < -0.39 is 0 Å². The van der Waals surface area contributed by atoms with Crippen LogP contribution in [0.4, 0.5) is 0 Å². The summed E-state index contributed by atoms with van der Waals surface area (Å²) in [6.07, 6.45) is 28.2. The highest BCUT2D eigenvalue weighted by atomic mass is 16.6. The van der Waals surface area contributed by atoms with Gasteiger partial charge >= 0.3 is 0 Å². The molecule has 3 nitrogen and oxygen atoms in total. The second kappa shape index (κ2) is 27.7. The lowest BCUT2D eigenvalue weighted by atomic mass is 9.89. The average molecular weight is 533 g/mol. The molecule has 222 valence electrons. The van der Waals surface area contributed by atoms with Gasteiger partial charge in [-0.25, -0.2) is 0 Å². The maximum Gasteiger partial charge on any atom is 0.104 e. The van der Waals surface area contributed by atoms with E-state index in [1.807, 2.05) is 18.2 Å². The summed E-state index contributed by atoms with van der Waals surface area (Å²) in [6, 6.07) is 10.3. The first-order chi connectivity index (χ1) is 18.8. The Kier molecular flexibility index (Phi) is 25.6. The van der Waals surface area contributed by atoms with E-state index in [0.717, 1.165) is 18.9 Å². The number of ether oxygens (including phenoxy) is 3. The molecule has 0 fully saturated rings. The largest absolute Gasteiger partial charge is 0.379 e. The molecule has 0 spiro atoms. The molecule has 0 aliphatic heterocycles. The molecule has 38 heavy (non-hydrogen) atoms. The third-order valence-electron chi connectivity index (χ3n) is 7.89. The van der Waals surface area contributed by atoms with Crippen LogP contribution in [0.15, 0.2) is 30.3 Å². The van der Waals surface area contributed by atoms with Crippen molar-refractivity contribution in [2.24, 2.45) is 5.92 Å². The Bertz CT molecular complexity index is 564. The van der Waals surface area contributed by atoms with E-state index in [9.17, 15) is 0 Å². The highest BCUT2D eigenvalue weighted by Crippen LogP contribution is 2.24. The fourth-order valence-electron chi connectivity index (χ4n) is 5.31. The van der Waals surface area contributed by atoms with Gasteiger partial charge < -0.3 is 14.2 Å². The van der Waals surface area contributed by atoms with Crippen molar-refractivity contribution < 1.29 is 14.2 Å². The lowest BCUT2D eigenvalue weighted by Crippen LogP contribution is -2.24. The number of rotatable bonds is 29. The van der Waals surface area contributed by atoms with Crippen LogP contribution in [0.25, 0.3) is 0 Å². The second-order valence-electron chi connectivity index (χ2n) is 11.5. The molecule has 0 amide bonds. The van der Waals surface area contributed by atoms with E-state index in [0.29, 0.717) is 19.8 Å². The Labute approximate surface area is 237 Å². The molecule has 1 aromatic rings. The fourth-order valence-corrected chi connectivity index (χ4v) is 5.31. The highest BCUT2D eigenvalue weighted by Gasteiger charge is 2.09. The normalized spacial score (nSPS) is 12.4. The summed E-state index contributed by atoms with van der Waals surface area (Å²) < 4.78 is 17.1. The van der Waals surface area contributed by atoms with E-state index in [1.54, 1.807) is 7.11 Å². The minimum atomic E-state index is 0.0103. The molecule has 0 heterocycles. The van der Waals surface area contributed by atoms with E-state index >= 15 is 0 Å². The maximum absolute atomic E-state index is 5.85. The monoisotopic (exact) mass is 532 g/mol. The van der Waals surface area contributed by atoms with Crippen LogP contribution in [0.3, 0.4) is 0 Å². The van der Waals surface area contributed by atoms with Gasteiger partial charge in [-0.2, -0.15) is 0 Å². The van der Waals surface area contributed by atoms with Gasteiger partial charge in [-0.15, -0.1) is 0 Å². The van der Waals surface area contributed by atoms with Gasteiger partial charge in [0.15, 0.2) is 0 Å². The number of hydrogen-bond acceptors (Lipinski definition) is 3. The predicted molar refractivity (Wildman–Crippen MR) is 165 cm³/mol. The Balaban J connectivity index is 1.92. The number of hydrogen-bond donors (Lipinski definition) is 0. The molecule has 0 radical (unpaired) electrons. The zero-order chi connectivity index (χ0) is 27.4. The second-order valence-corrected chi connectivity index (χ2v) is 11.5. The van der Waals surface area contributed by atoms with Gasteiger partial charge in [0.05, 0.1) is 19.8 Å². The molecule has 0 saturated heterocycles. The predicted octanol–water partition coefficient (Wildman–Crippen LogP) is 10.7. The van der Waals surface area contributed by atoms with Gasteiger partial charge in [0.2, 0.25) is 0 Å².